The first-order valence-corrected chi connectivity index (χ1v) is 8.46. The predicted molar refractivity (Wildman–Crippen MR) is 93.3 cm³/mol. The highest BCUT2D eigenvalue weighted by Crippen LogP contribution is 2.26. The highest BCUT2D eigenvalue weighted by Gasteiger charge is 2.35. The van der Waals surface area contributed by atoms with E-state index in [-0.39, 0.29) is 11.8 Å². The summed E-state index contributed by atoms with van der Waals surface area (Å²) in [6.07, 6.45) is 1.99. The Morgan fingerprint density at radius 3 is 2.96 bits per heavy atom. The molecule has 2 aromatic heterocycles. The number of β-amino-alcohol motifs (C(OH)–C–C–N with tert-alkyl or cyclic N) is 1. The van der Waals surface area contributed by atoms with Crippen LogP contribution in [0.5, 0.6) is 0 Å². The van der Waals surface area contributed by atoms with Gasteiger partial charge in [0.05, 0.1) is 11.8 Å². The van der Waals surface area contributed by atoms with Gasteiger partial charge in [0, 0.05) is 61.2 Å². The van der Waals surface area contributed by atoms with E-state index in [1.165, 1.54) is 0 Å². The van der Waals surface area contributed by atoms with Gasteiger partial charge in [-0.2, -0.15) is 0 Å². The zero-order valence-electron chi connectivity index (χ0n) is 14.3. The molecule has 2 atom stereocenters. The molecule has 1 N–H and O–H groups in total. The van der Waals surface area contributed by atoms with Crippen molar-refractivity contribution in [1.82, 2.24) is 14.6 Å². The van der Waals surface area contributed by atoms with Crippen molar-refractivity contribution in [1.29, 1.82) is 0 Å². The van der Waals surface area contributed by atoms with Crippen LogP contribution in [0, 0.1) is 12.8 Å². The first kappa shape index (κ1) is 15.9. The second-order valence-electron chi connectivity index (χ2n) is 6.84. The molecule has 6 heteroatoms. The van der Waals surface area contributed by atoms with Crippen LogP contribution in [-0.4, -0.2) is 44.8 Å². The Morgan fingerprint density at radius 2 is 2.20 bits per heavy atom. The lowest BCUT2D eigenvalue weighted by atomic mass is 10.0. The third-order valence-electron chi connectivity index (χ3n) is 4.99. The quantitative estimate of drug-likeness (QED) is 0.794. The Labute approximate surface area is 145 Å². The summed E-state index contributed by atoms with van der Waals surface area (Å²) < 4.78 is 7.25. The van der Waals surface area contributed by atoms with Crippen LogP contribution in [-0.2, 0) is 13.5 Å². The first-order chi connectivity index (χ1) is 12.0. The topological polar surface area (TPSA) is 71.5 Å². The van der Waals surface area contributed by atoms with Crippen molar-refractivity contribution < 1.29 is 14.4 Å². The molecule has 1 aromatic carbocycles. The second-order valence-corrected chi connectivity index (χ2v) is 6.84. The minimum atomic E-state index is -0.552. The van der Waals surface area contributed by atoms with Gasteiger partial charge in [-0.1, -0.05) is 11.2 Å². The van der Waals surface area contributed by atoms with Crippen molar-refractivity contribution >= 4 is 16.8 Å². The van der Waals surface area contributed by atoms with Crippen LogP contribution in [0.1, 0.15) is 21.8 Å². The fourth-order valence-corrected chi connectivity index (χ4v) is 3.65. The molecule has 0 bridgehead atoms. The van der Waals surface area contributed by atoms with Crippen molar-refractivity contribution in [3.05, 3.63) is 53.5 Å². The average Bonchev–Trinajstić information content (AvgIpc) is 3.28. The van der Waals surface area contributed by atoms with E-state index >= 15 is 0 Å². The van der Waals surface area contributed by atoms with E-state index in [4.69, 9.17) is 4.52 Å². The Morgan fingerprint density at radius 1 is 1.36 bits per heavy atom. The summed E-state index contributed by atoms with van der Waals surface area (Å²) in [5.74, 6) is 0.680. The summed E-state index contributed by atoms with van der Waals surface area (Å²) in [5, 5.41) is 15.2. The van der Waals surface area contributed by atoms with E-state index in [9.17, 15) is 9.90 Å². The normalized spacial score (nSPS) is 20.5. The van der Waals surface area contributed by atoms with Gasteiger partial charge in [-0.05, 0) is 25.1 Å². The SMILES string of the molecule is Cc1cc(C[C@@H]2CN(C(=O)c3cccc4c3ccn4C)C[C@H]2O)on1. The third-order valence-corrected chi connectivity index (χ3v) is 4.99. The highest BCUT2D eigenvalue weighted by molar-refractivity contribution is 6.06. The molecule has 0 unspecified atom stereocenters. The van der Waals surface area contributed by atoms with Gasteiger partial charge in [0.25, 0.3) is 5.91 Å². The summed E-state index contributed by atoms with van der Waals surface area (Å²) in [5.41, 5.74) is 2.53. The van der Waals surface area contributed by atoms with E-state index in [0.29, 0.717) is 25.1 Å². The maximum atomic E-state index is 13.0. The summed E-state index contributed by atoms with van der Waals surface area (Å²) in [6.45, 7) is 2.73. The third kappa shape index (κ3) is 2.82. The number of aliphatic hydroxyl groups is 1. The monoisotopic (exact) mass is 339 g/mol. The number of carbonyl (C=O) groups is 1. The van der Waals surface area contributed by atoms with Crippen LogP contribution < -0.4 is 0 Å². The molecular formula is C19H21N3O3. The molecule has 1 aliphatic rings. The lowest BCUT2D eigenvalue weighted by molar-refractivity contribution is 0.0766. The predicted octanol–water partition coefficient (Wildman–Crippen LogP) is 2.15. The molecule has 1 saturated heterocycles. The fraction of sp³-hybridized carbons (Fsp3) is 0.368. The van der Waals surface area contributed by atoms with Crippen LogP contribution in [0.15, 0.2) is 41.1 Å². The van der Waals surface area contributed by atoms with Crippen LogP contribution in [0.3, 0.4) is 0 Å². The summed E-state index contributed by atoms with van der Waals surface area (Å²) >= 11 is 0. The lowest BCUT2D eigenvalue weighted by Gasteiger charge is -2.16. The summed E-state index contributed by atoms with van der Waals surface area (Å²) in [7, 11) is 1.96. The van der Waals surface area contributed by atoms with Crippen molar-refractivity contribution in [3.8, 4) is 0 Å². The number of nitrogens with zero attached hydrogens (tertiary/aromatic N) is 3. The van der Waals surface area contributed by atoms with Gasteiger partial charge in [0.15, 0.2) is 0 Å². The van der Waals surface area contributed by atoms with Crippen LogP contribution >= 0.6 is 0 Å². The maximum Gasteiger partial charge on any atom is 0.254 e. The minimum absolute atomic E-state index is 0.0351. The molecule has 0 radical (unpaired) electrons. The van der Waals surface area contributed by atoms with Gasteiger partial charge in [-0.25, -0.2) is 0 Å². The summed E-state index contributed by atoms with van der Waals surface area (Å²) in [6, 6.07) is 9.59. The number of aryl methyl sites for hydroxylation is 2. The number of likely N-dealkylation sites (tertiary alicyclic amines) is 1. The van der Waals surface area contributed by atoms with Gasteiger partial charge in [-0.3, -0.25) is 4.79 Å². The number of hydrogen-bond donors (Lipinski definition) is 1. The second kappa shape index (κ2) is 6.04. The average molecular weight is 339 g/mol. The van der Waals surface area contributed by atoms with Gasteiger partial charge < -0.3 is 19.1 Å². The van der Waals surface area contributed by atoms with Crippen LogP contribution in [0.25, 0.3) is 10.9 Å². The molecule has 1 fully saturated rings. The molecule has 1 amide bonds. The van der Waals surface area contributed by atoms with E-state index in [0.717, 1.165) is 22.4 Å². The standard InChI is InChI=1S/C19H21N3O3/c1-12-8-14(25-20-12)9-13-10-22(11-18(13)23)19(24)16-4-3-5-17-15(16)6-7-21(17)2/h3-8,13,18,23H,9-11H2,1-2H3/t13-,18-/m1/s1. The largest absolute Gasteiger partial charge is 0.391 e. The number of benzene rings is 1. The molecule has 6 nitrogen and oxygen atoms in total. The Hall–Kier alpha value is -2.60. The van der Waals surface area contributed by atoms with Crippen molar-refractivity contribution in [3.63, 3.8) is 0 Å². The number of aromatic nitrogens is 2. The maximum absolute atomic E-state index is 13.0. The van der Waals surface area contributed by atoms with Crippen LogP contribution in [0.4, 0.5) is 0 Å². The molecule has 25 heavy (non-hydrogen) atoms. The zero-order valence-corrected chi connectivity index (χ0v) is 14.3. The van der Waals surface area contributed by atoms with Crippen molar-refractivity contribution in [2.24, 2.45) is 13.0 Å². The molecule has 3 aromatic rings. The highest BCUT2D eigenvalue weighted by atomic mass is 16.5. The Kier molecular flexibility index (Phi) is 3.84. The fourth-order valence-electron chi connectivity index (χ4n) is 3.65. The number of hydrogen-bond acceptors (Lipinski definition) is 4. The van der Waals surface area contributed by atoms with E-state index in [1.54, 1.807) is 4.90 Å². The zero-order chi connectivity index (χ0) is 17.6. The molecular weight excluding hydrogens is 318 g/mol. The van der Waals surface area contributed by atoms with E-state index < -0.39 is 6.10 Å². The number of fused-ring (bicyclic) bond motifs is 1. The van der Waals surface area contributed by atoms with Crippen molar-refractivity contribution in [2.45, 2.75) is 19.4 Å². The van der Waals surface area contributed by atoms with E-state index in [1.807, 2.05) is 55.1 Å². The van der Waals surface area contributed by atoms with Gasteiger partial charge in [0.1, 0.15) is 5.76 Å². The van der Waals surface area contributed by atoms with Gasteiger partial charge >= 0.3 is 0 Å². The van der Waals surface area contributed by atoms with Crippen molar-refractivity contribution in [2.75, 3.05) is 13.1 Å². The Bertz CT molecular complexity index is 927. The first-order valence-electron chi connectivity index (χ1n) is 8.46. The number of aliphatic hydroxyl groups excluding tert-OH is 1. The Balaban J connectivity index is 1.54. The summed E-state index contributed by atoms with van der Waals surface area (Å²) in [4.78, 5) is 14.7. The molecule has 0 saturated carbocycles. The minimum Gasteiger partial charge on any atom is -0.391 e. The molecule has 4 rings (SSSR count). The molecule has 1 aliphatic heterocycles. The van der Waals surface area contributed by atoms with E-state index in [2.05, 4.69) is 5.16 Å². The van der Waals surface area contributed by atoms with Crippen LogP contribution in [0.2, 0.25) is 0 Å². The molecule has 3 heterocycles. The number of carbonyl (C=O) groups excluding carboxylic acids is 1. The smallest absolute Gasteiger partial charge is 0.254 e. The lowest BCUT2D eigenvalue weighted by Crippen LogP contribution is -2.29. The number of rotatable bonds is 3. The van der Waals surface area contributed by atoms with Gasteiger partial charge in [-0.15, -0.1) is 0 Å². The molecule has 130 valence electrons. The molecule has 0 aliphatic carbocycles. The number of amides is 1. The molecule has 0 spiro atoms. The van der Waals surface area contributed by atoms with Gasteiger partial charge in [0.2, 0.25) is 0 Å².